The Labute approximate surface area is 183 Å². The summed E-state index contributed by atoms with van der Waals surface area (Å²) in [7, 11) is 0. The number of halogens is 1. The quantitative estimate of drug-likeness (QED) is 0.466. The van der Waals surface area contributed by atoms with Gasteiger partial charge in [-0.3, -0.25) is 14.4 Å². The summed E-state index contributed by atoms with van der Waals surface area (Å²) in [5, 5.41) is 0.373. The number of benzene rings is 1. The van der Waals surface area contributed by atoms with Crippen LogP contribution in [-0.2, 0) is 0 Å². The Balaban J connectivity index is 2.12. The first-order valence-electron chi connectivity index (χ1n) is 9.82. The second-order valence-electron chi connectivity index (χ2n) is 7.62. The van der Waals surface area contributed by atoms with Gasteiger partial charge in [-0.1, -0.05) is 41.9 Å². The predicted octanol–water partition coefficient (Wildman–Crippen LogP) is 4.86. The van der Waals surface area contributed by atoms with Gasteiger partial charge >= 0.3 is 0 Å². The lowest BCUT2D eigenvalue weighted by Crippen LogP contribution is -2.22. The third-order valence-corrected chi connectivity index (χ3v) is 5.43. The molecule has 31 heavy (non-hydrogen) atoms. The summed E-state index contributed by atoms with van der Waals surface area (Å²) in [6.07, 6.45) is 3.11. The van der Waals surface area contributed by atoms with Gasteiger partial charge in [0.05, 0.1) is 16.6 Å². The van der Waals surface area contributed by atoms with Crippen molar-refractivity contribution in [3.05, 3.63) is 86.0 Å². The topological polar surface area (TPSA) is 84.8 Å². The summed E-state index contributed by atoms with van der Waals surface area (Å²) < 4.78 is 1.55. The van der Waals surface area contributed by atoms with Crippen LogP contribution in [0.15, 0.2) is 64.4 Å². The number of Topliss-reactive ketones (excluding diaryl/α,β-unsaturated/α-hetero) is 1. The molecule has 1 N–H and O–H groups in total. The molecule has 156 valence electrons. The smallest absolute Gasteiger partial charge is 0.269 e. The number of H-pyrrole nitrogens is 1. The Morgan fingerprint density at radius 3 is 2.45 bits per heavy atom. The molecule has 3 aromatic heterocycles. The van der Waals surface area contributed by atoms with Crippen LogP contribution in [0.4, 0.5) is 0 Å². The molecule has 0 aliphatic carbocycles. The molecular formula is C24H20ClN3O3. The first-order chi connectivity index (χ1) is 14.8. The number of hydrogen-bond donors (Lipinski definition) is 1. The van der Waals surface area contributed by atoms with Gasteiger partial charge in [0.15, 0.2) is 5.78 Å². The Bertz CT molecular complexity index is 1440. The van der Waals surface area contributed by atoms with E-state index in [2.05, 4.69) is 4.98 Å². The summed E-state index contributed by atoms with van der Waals surface area (Å²) >= 11 is 6.26. The van der Waals surface area contributed by atoms with E-state index < -0.39 is 5.43 Å². The number of hydrogen-bond acceptors (Lipinski definition) is 4. The highest BCUT2D eigenvalue weighted by Gasteiger charge is 2.18. The average molecular weight is 434 g/mol. The highest BCUT2D eigenvalue weighted by Crippen LogP contribution is 2.33. The minimum atomic E-state index is -0.391. The summed E-state index contributed by atoms with van der Waals surface area (Å²) in [5.74, 6) is -0.326. The van der Waals surface area contributed by atoms with Crippen molar-refractivity contribution in [2.24, 2.45) is 0 Å². The molecule has 0 fully saturated rings. The Morgan fingerprint density at radius 1 is 1.10 bits per heavy atom. The second kappa shape index (κ2) is 7.96. The van der Waals surface area contributed by atoms with E-state index in [0.717, 1.165) is 5.56 Å². The minimum Gasteiger partial charge on any atom is -0.345 e. The van der Waals surface area contributed by atoms with Gasteiger partial charge in [0.25, 0.3) is 5.56 Å². The Morgan fingerprint density at radius 2 is 1.81 bits per heavy atom. The van der Waals surface area contributed by atoms with Crippen LogP contribution in [0.1, 0.15) is 37.2 Å². The van der Waals surface area contributed by atoms with E-state index in [-0.39, 0.29) is 28.0 Å². The van der Waals surface area contributed by atoms with Gasteiger partial charge in [-0.15, -0.1) is 0 Å². The molecule has 0 saturated heterocycles. The van der Waals surface area contributed by atoms with Crippen molar-refractivity contribution >= 4 is 28.4 Å². The van der Waals surface area contributed by atoms with Gasteiger partial charge < -0.3 is 9.55 Å². The van der Waals surface area contributed by atoms with E-state index in [9.17, 15) is 14.4 Å². The first kappa shape index (κ1) is 20.8. The molecule has 0 bridgehead atoms. The summed E-state index contributed by atoms with van der Waals surface area (Å²) in [4.78, 5) is 44.9. The van der Waals surface area contributed by atoms with Crippen LogP contribution in [0.25, 0.3) is 33.4 Å². The Hall–Kier alpha value is -3.51. The first-order valence-corrected chi connectivity index (χ1v) is 10.2. The fourth-order valence-electron chi connectivity index (χ4n) is 3.54. The molecule has 0 aliphatic heterocycles. The van der Waals surface area contributed by atoms with Crippen molar-refractivity contribution in [1.29, 1.82) is 0 Å². The normalized spacial score (nSPS) is 11.3. The number of rotatable bonds is 4. The lowest BCUT2D eigenvalue weighted by Gasteiger charge is -2.16. The fourth-order valence-corrected chi connectivity index (χ4v) is 3.76. The molecule has 0 saturated carbocycles. The van der Waals surface area contributed by atoms with Gasteiger partial charge in [-0.2, -0.15) is 0 Å². The van der Waals surface area contributed by atoms with Crippen LogP contribution in [0.3, 0.4) is 0 Å². The maximum absolute atomic E-state index is 12.9. The average Bonchev–Trinajstić information content (AvgIpc) is 2.75. The fraction of sp³-hybridized carbons (Fsp3) is 0.167. The SMILES string of the molecule is CC(=O)c1c[nH]c2nc(-c3ccccc3)c(-c3cc(Cl)c(=O)n(C(C)C)c3)cc2c1=O. The number of aromatic amines is 1. The maximum atomic E-state index is 12.9. The largest absolute Gasteiger partial charge is 0.345 e. The van der Waals surface area contributed by atoms with Gasteiger partial charge in [-0.05, 0) is 32.9 Å². The molecular weight excluding hydrogens is 414 g/mol. The highest BCUT2D eigenvalue weighted by molar-refractivity contribution is 6.30. The number of ketones is 1. The van der Waals surface area contributed by atoms with Crippen molar-refractivity contribution < 1.29 is 4.79 Å². The number of fused-ring (bicyclic) bond motifs is 1. The van der Waals surface area contributed by atoms with E-state index in [4.69, 9.17) is 16.6 Å². The number of nitrogens with zero attached hydrogens (tertiary/aromatic N) is 2. The maximum Gasteiger partial charge on any atom is 0.269 e. The van der Waals surface area contributed by atoms with Crippen LogP contribution in [-0.4, -0.2) is 20.3 Å². The standard InChI is InChI=1S/C24H20ClN3O3/c1-13(2)28-12-16(9-20(25)24(28)31)17-10-18-22(30)19(14(3)29)11-26-23(18)27-21(17)15-7-5-4-6-8-15/h4-13H,1-3H3,(H,26,27,30). The molecule has 0 aliphatic rings. The van der Waals surface area contributed by atoms with E-state index in [0.29, 0.717) is 27.9 Å². The van der Waals surface area contributed by atoms with Crippen LogP contribution in [0, 0.1) is 0 Å². The van der Waals surface area contributed by atoms with E-state index in [1.165, 1.54) is 13.1 Å². The number of carbonyl (C=O) groups is 1. The number of nitrogens with one attached hydrogen (secondary N) is 1. The van der Waals surface area contributed by atoms with Crippen LogP contribution >= 0.6 is 11.6 Å². The molecule has 6 nitrogen and oxygen atoms in total. The molecule has 0 radical (unpaired) electrons. The van der Waals surface area contributed by atoms with Crippen LogP contribution in [0.5, 0.6) is 0 Å². The predicted molar refractivity (Wildman–Crippen MR) is 123 cm³/mol. The molecule has 0 spiro atoms. The molecule has 3 heterocycles. The summed E-state index contributed by atoms with van der Waals surface area (Å²) in [6.45, 7) is 5.13. The van der Waals surface area contributed by atoms with E-state index >= 15 is 0 Å². The molecule has 0 unspecified atom stereocenters. The monoisotopic (exact) mass is 433 g/mol. The molecule has 1 aromatic carbocycles. The van der Waals surface area contributed by atoms with Gasteiger partial charge in [-0.25, -0.2) is 4.98 Å². The molecule has 4 aromatic rings. The molecule has 4 rings (SSSR count). The zero-order valence-electron chi connectivity index (χ0n) is 17.3. The van der Waals surface area contributed by atoms with E-state index in [1.807, 2.05) is 44.2 Å². The lowest BCUT2D eigenvalue weighted by molar-refractivity contribution is 0.101. The van der Waals surface area contributed by atoms with Crippen molar-refractivity contribution in [3.63, 3.8) is 0 Å². The van der Waals surface area contributed by atoms with Gasteiger partial charge in [0.1, 0.15) is 10.7 Å². The molecule has 0 atom stereocenters. The molecule has 7 heteroatoms. The summed E-state index contributed by atoms with van der Waals surface area (Å²) in [6, 6.07) is 12.7. The number of pyridine rings is 3. The zero-order valence-corrected chi connectivity index (χ0v) is 18.0. The third-order valence-electron chi connectivity index (χ3n) is 5.16. The second-order valence-corrected chi connectivity index (χ2v) is 8.02. The Kier molecular flexibility index (Phi) is 5.33. The van der Waals surface area contributed by atoms with Gasteiger partial charge in [0.2, 0.25) is 5.43 Å². The highest BCUT2D eigenvalue weighted by atomic mass is 35.5. The van der Waals surface area contributed by atoms with Crippen molar-refractivity contribution in [1.82, 2.24) is 14.5 Å². The number of aromatic nitrogens is 3. The van der Waals surface area contributed by atoms with Crippen molar-refractivity contribution in [3.8, 4) is 22.4 Å². The lowest BCUT2D eigenvalue weighted by atomic mass is 9.98. The van der Waals surface area contributed by atoms with Crippen molar-refractivity contribution in [2.45, 2.75) is 26.8 Å². The minimum absolute atomic E-state index is 0.0675. The zero-order chi connectivity index (χ0) is 22.3. The van der Waals surface area contributed by atoms with Crippen molar-refractivity contribution in [2.75, 3.05) is 0 Å². The molecule has 0 amide bonds. The van der Waals surface area contributed by atoms with Gasteiger partial charge in [0, 0.05) is 35.1 Å². The summed E-state index contributed by atoms with van der Waals surface area (Å²) in [5.41, 5.74) is 2.53. The van der Waals surface area contributed by atoms with Crippen LogP contribution < -0.4 is 11.0 Å². The van der Waals surface area contributed by atoms with Crippen LogP contribution in [0.2, 0.25) is 5.02 Å². The third kappa shape index (κ3) is 3.70. The number of carbonyl (C=O) groups excluding carboxylic acids is 1. The van der Waals surface area contributed by atoms with E-state index in [1.54, 1.807) is 22.9 Å².